The zero-order chi connectivity index (χ0) is 10.4. The van der Waals surface area contributed by atoms with Crippen molar-refractivity contribution in [3.63, 3.8) is 0 Å². The third kappa shape index (κ3) is 1.19. The van der Waals surface area contributed by atoms with Gasteiger partial charge < -0.3 is 4.84 Å². The van der Waals surface area contributed by atoms with Gasteiger partial charge in [-0.3, -0.25) is 0 Å². The van der Waals surface area contributed by atoms with Crippen molar-refractivity contribution in [1.82, 2.24) is 0 Å². The van der Waals surface area contributed by atoms with Gasteiger partial charge in [0.25, 0.3) is 5.92 Å². The van der Waals surface area contributed by atoms with Gasteiger partial charge in [-0.05, 0) is 0 Å². The first-order valence-electron chi connectivity index (χ1n) is 4.28. The minimum absolute atomic E-state index is 0.0974. The molecule has 2 aliphatic rings. The van der Waals surface area contributed by atoms with Gasteiger partial charge in [0.05, 0.1) is 18.1 Å². The van der Waals surface area contributed by atoms with E-state index in [-0.39, 0.29) is 5.71 Å². The Morgan fingerprint density at radius 1 is 1.43 bits per heavy atom. The summed E-state index contributed by atoms with van der Waals surface area (Å²) in [6.07, 6.45) is -1.28. The molecule has 14 heavy (non-hydrogen) atoms. The number of fused-ring (bicyclic) bond motifs is 1. The molecule has 2 atom stereocenters. The molecular weight excluding hydrogens is 202 g/mol. The monoisotopic (exact) mass is 211 g/mol. The van der Waals surface area contributed by atoms with E-state index < -0.39 is 43.6 Å². The molecule has 6 heteroatoms. The molecule has 1 aliphatic carbocycles. The van der Waals surface area contributed by atoms with Crippen LogP contribution >= 0.6 is 0 Å². The zero-order valence-electron chi connectivity index (χ0n) is 7.27. The molecule has 0 aromatic carbocycles. The average molecular weight is 211 g/mol. The second-order valence-corrected chi connectivity index (χ2v) is 3.80. The van der Waals surface area contributed by atoms with E-state index in [2.05, 4.69) is 9.99 Å². The molecule has 0 amide bonds. The van der Waals surface area contributed by atoms with E-state index in [0.29, 0.717) is 0 Å². The SMILES string of the molecule is FCC1=NOC2(CF)CC(F)(F)CC12. The third-order valence-corrected chi connectivity index (χ3v) is 2.81. The number of oxime groups is 1. The van der Waals surface area contributed by atoms with E-state index in [1.54, 1.807) is 0 Å². The van der Waals surface area contributed by atoms with E-state index in [0.717, 1.165) is 0 Å². The minimum Gasteiger partial charge on any atom is -0.385 e. The molecule has 2 unspecified atom stereocenters. The quantitative estimate of drug-likeness (QED) is 0.641. The van der Waals surface area contributed by atoms with Gasteiger partial charge in [0.15, 0.2) is 5.60 Å². The first-order chi connectivity index (χ1) is 6.53. The molecular formula is C8H9F4NO. The Kier molecular flexibility index (Phi) is 1.97. The van der Waals surface area contributed by atoms with Crippen molar-refractivity contribution in [3.8, 4) is 0 Å². The second-order valence-electron chi connectivity index (χ2n) is 3.80. The van der Waals surface area contributed by atoms with Gasteiger partial charge in [-0.25, -0.2) is 17.6 Å². The zero-order valence-corrected chi connectivity index (χ0v) is 7.27. The summed E-state index contributed by atoms with van der Waals surface area (Å²) in [7, 11) is 0. The fourth-order valence-corrected chi connectivity index (χ4v) is 2.13. The van der Waals surface area contributed by atoms with Crippen molar-refractivity contribution in [2.75, 3.05) is 13.3 Å². The Balaban J connectivity index is 2.26. The van der Waals surface area contributed by atoms with Crippen LogP contribution in [0.5, 0.6) is 0 Å². The van der Waals surface area contributed by atoms with Crippen LogP contribution in [-0.4, -0.2) is 30.6 Å². The Morgan fingerprint density at radius 3 is 2.71 bits per heavy atom. The summed E-state index contributed by atoms with van der Waals surface area (Å²) in [6.45, 7) is -2.01. The van der Waals surface area contributed by atoms with Crippen molar-refractivity contribution in [3.05, 3.63) is 0 Å². The average Bonchev–Trinajstić information content (AvgIpc) is 2.56. The normalized spacial score (nSPS) is 39.1. The van der Waals surface area contributed by atoms with Crippen LogP contribution in [0.3, 0.4) is 0 Å². The van der Waals surface area contributed by atoms with Crippen LogP contribution in [0.25, 0.3) is 0 Å². The molecule has 0 aromatic heterocycles. The highest BCUT2D eigenvalue weighted by Gasteiger charge is 2.63. The van der Waals surface area contributed by atoms with Crippen LogP contribution < -0.4 is 0 Å². The first-order valence-corrected chi connectivity index (χ1v) is 4.28. The van der Waals surface area contributed by atoms with Gasteiger partial charge in [-0.1, -0.05) is 5.16 Å². The van der Waals surface area contributed by atoms with Gasteiger partial charge in [-0.2, -0.15) is 0 Å². The summed E-state index contributed by atoms with van der Waals surface area (Å²) in [5.41, 5.74) is -1.70. The minimum atomic E-state index is -2.98. The lowest BCUT2D eigenvalue weighted by Crippen LogP contribution is -2.37. The number of nitrogens with zero attached hydrogens (tertiary/aromatic N) is 1. The predicted molar refractivity (Wildman–Crippen MR) is 40.9 cm³/mol. The van der Waals surface area contributed by atoms with Crippen molar-refractivity contribution >= 4 is 5.71 Å². The molecule has 1 aliphatic heterocycles. The maximum Gasteiger partial charge on any atom is 0.253 e. The molecule has 80 valence electrons. The summed E-state index contributed by atoms with van der Waals surface area (Å²) in [5, 5.41) is 3.32. The van der Waals surface area contributed by atoms with Crippen molar-refractivity contribution in [2.45, 2.75) is 24.4 Å². The van der Waals surface area contributed by atoms with Crippen molar-refractivity contribution < 1.29 is 22.4 Å². The Hall–Kier alpha value is -0.810. The number of hydrogen-bond donors (Lipinski definition) is 0. The van der Waals surface area contributed by atoms with Gasteiger partial charge in [0, 0.05) is 6.42 Å². The molecule has 1 fully saturated rings. The maximum atomic E-state index is 13.0. The van der Waals surface area contributed by atoms with Crippen LogP contribution in [0.2, 0.25) is 0 Å². The standard InChI is InChI=1S/C8H9F4NO/c9-2-6-5-1-8(11,12)3-7(5,4-10)14-13-6/h5H,1-4H2. The maximum absolute atomic E-state index is 13.0. The van der Waals surface area contributed by atoms with Crippen LogP contribution in [0.4, 0.5) is 17.6 Å². The van der Waals surface area contributed by atoms with Gasteiger partial charge >= 0.3 is 0 Å². The van der Waals surface area contributed by atoms with E-state index in [1.807, 2.05) is 0 Å². The summed E-state index contributed by atoms with van der Waals surface area (Å²) < 4.78 is 50.9. The topological polar surface area (TPSA) is 21.6 Å². The van der Waals surface area contributed by atoms with Crippen LogP contribution in [0.1, 0.15) is 12.8 Å². The number of alkyl halides is 4. The smallest absolute Gasteiger partial charge is 0.253 e. The largest absolute Gasteiger partial charge is 0.385 e. The Bertz CT molecular complexity index is 281. The molecule has 2 nitrogen and oxygen atoms in total. The lowest BCUT2D eigenvalue weighted by atomic mass is 9.89. The highest BCUT2D eigenvalue weighted by molar-refractivity contribution is 5.90. The molecule has 0 aromatic rings. The molecule has 1 saturated carbocycles. The van der Waals surface area contributed by atoms with Crippen molar-refractivity contribution in [1.29, 1.82) is 0 Å². The number of rotatable bonds is 2. The molecule has 0 radical (unpaired) electrons. The Morgan fingerprint density at radius 2 is 2.14 bits per heavy atom. The highest BCUT2D eigenvalue weighted by Crippen LogP contribution is 2.51. The summed E-state index contributed by atoms with van der Waals surface area (Å²) >= 11 is 0. The van der Waals surface area contributed by atoms with E-state index in [9.17, 15) is 17.6 Å². The van der Waals surface area contributed by atoms with Gasteiger partial charge in [-0.15, -0.1) is 0 Å². The van der Waals surface area contributed by atoms with Crippen LogP contribution in [0, 0.1) is 5.92 Å². The molecule has 0 spiro atoms. The summed E-state index contributed by atoms with van der Waals surface area (Å²) in [4.78, 5) is 4.65. The summed E-state index contributed by atoms with van der Waals surface area (Å²) in [5.74, 6) is -3.89. The van der Waals surface area contributed by atoms with Crippen LogP contribution in [0.15, 0.2) is 5.16 Å². The lowest BCUT2D eigenvalue weighted by molar-refractivity contribution is -0.0791. The molecule has 2 rings (SSSR count). The summed E-state index contributed by atoms with van der Waals surface area (Å²) in [6, 6.07) is 0. The number of hydrogen-bond acceptors (Lipinski definition) is 2. The predicted octanol–water partition coefficient (Wildman–Crippen LogP) is 2.10. The Labute approximate surface area is 77.9 Å². The molecule has 0 N–H and O–H groups in total. The van der Waals surface area contributed by atoms with Gasteiger partial charge in [0.1, 0.15) is 13.3 Å². The first kappa shape index (κ1) is 9.73. The molecule has 0 saturated heterocycles. The van der Waals surface area contributed by atoms with E-state index in [1.165, 1.54) is 0 Å². The van der Waals surface area contributed by atoms with Crippen LogP contribution in [-0.2, 0) is 4.84 Å². The fourth-order valence-electron chi connectivity index (χ4n) is 2.13. The van der Waals surface area contributed by atoms with Gasteiger partial charge in [0.2, 0.25) is 0 Å². The van der Waals surface area contributed by atoms with Crippen molar-refractivity contribution in [2.24, 2.45) is 11.1 Å². The lowest BCUT2D eigenvalue weighted by Gasteiger charge is -2.22. The van der Waals surface area contributed by atoms with E-state index >= 15 is 0 Å². The molecule has 1 heterocycles. The second kappa shape index (κ2) is 2.84. The highest BCUT2D eigenvalue weighted by atomic mass is 19.3. The number of halogens is 4. The third-order valence-electron chi connectivity index (χ3n) is 2.81. The molecule has 0 bridgehead atoms. The van der Waals surface area contributed by atoms with E-state index in [4.69, 9.17) is 0 Å². The fraction of sp³-hybridized carbons (Fsp3) is 0.875.